The third-order valence-electron chi connectivity index (χ3n) is 3.68. The SMILES string of the molecule is CC(C)OC(Cc1cccc(NC(=O)OCc2ccc(Cl)cc2F)c1)C(=O)O. The average molecular weight is 410 g/mol. The summed E-state index contributed by atoms with van der Waals surface area (Å²) in [5.74, 6) is -1.62. The lowest BCUT2D eigenvalue weighted by Crippen LogP contribution is -2.29. The Bertz CT molecular complexity index is 843. The molecule has 8 heteroatoms. The molecule has 0 spiro atoms. The number of rotatable bonds is 8. The summed E-state index contributed by atoms with van der Waals surface area (Å²) in [6.07, 6.45) is -1.84. The topological polar surface area (TPSA) is 84.9 Å². The maximum absolute atomic E-state index is 13.7. The molecule has 0 saturated heterocycles. The summed E-state index contributed by atoms with van der Waals surface area (Å²) < 4.78 is 24.1. The molecule has 0 aliphatic carbocycles. The normalized spacial score (nSPS) is 11.9. The number of nitrogens with one attached hydrogen (secondary N) is 1. The van der Waals surface area contributed by atoms with Gasteiger partial charge in [0.1, 0.15) is 12.4 Å². The Morgan fingerprint density at radius 2 is 1.96 bits per heavy atom. The first-order chi connectivity index (χ1) is 13.2. The summed E-state index contributed by atoms with van der Waals surface area (Å²) in [5.41, 5.74) is 1.30. The van der Waals surface area contributed by atoms with Gasteiger partial charge in [0, 0.05) is 22.7 Å². The number of aliphatic carboxylic acids is 1. The molecule has 0 fully saturated rings. The fourth-order valence-corrected chi connectivity index (χ4v) is 2.61. The van der Waals surface area contributed by atoms with E-state index in [9.17, 15) is 19.1 Å². The lowest BCUT2D eigenvalue weighted by molar-refractivity contribution is -0.153. The Hall–Kier alpha value is -2.64. The van der Waals surface area contributed by atoms with E-state index in [-0.39, 0.29) is 29.7 Å². The number of ether oxygens (including phenoxy) is 2. The van der Waals surface area contributed by atoms with Crippen LogP contribution in [0.25, 0.3) is 0 Å². The summed E-state index contributed by atoms with van der Waals surface area (Å²) in [5, 5.41) is 12.0. The van der Waals surface area contributed by atoms with E-state index in [4.69, 9.17) is 21.1 Å². The van der Waals surface area contributed by atoms with Crippen molar-refractivity contribution >= 4 is 29.4 Å². The molecule has 1 amide bonds. The lowest BCUT2D eigenvalue weighted by atomic mass is 10.1. The molecule has 150 valence electrons. The van der Waals surface area contributed by atoms with Gasteiger partial charge in [-0.15, -0.1) is 0 Å². The average Bonchev–Trinajstić information content (AvgIpc) is 2.60. The number of benzene rings is 2. The second kappa shape index (κ2) is 10.1. The molecule has 2 N–H and O–H groups in total. The maximum atomic E-state index is 13.7. The summed E-state index contributed by atoms with van der Waals surface area (Å²) in [6, 6.07) is 10.8. The van der Waals surface area contributed by atoms with Crippen LogP contribution in [-0.4, -0.2) is 29.4 Å². The highest BCUT2D eigenvalue weighted by Crippen LogP contribution is 2.17. The third-order valence-corrected chi connectivity index (χ3v) is 3.92. The summed E-state index contributed by atoms with van der Waals surface area (Å²) in [7, 11) is 0. The van der Waals surface area contributed by atoms with Crippen LogP contribution in [0.5, 0.6) is 0 Å². The van der Waals surface area contributed by atoms with Crippen LogP contribution < -0.4 is 5.32 Å². The predicted molar refractivity (Wildman–Crippen MR) is 103 cm³/mol. The molecule has 6 nitrogen and oxygen atoms in total. The molecule has 0 heterocycles. The number of anilines is 1. The molecule has 0 bridgehead atoms. The molecule has 1 atom stereocenters. The zero-order valence-corrected chi connectivity index (χ0v) is 16.2. The molecular formula is C20H21ClFNO5. The fraction of sp³-hybridized carbons (Fsp3) is 0.300. The van der Waals surface area contributed by atoms with Gasteiger partial charge in [-0.2, -0.15) is 0 Å². The molecule has 28 heavy (non-hydrogen) atoms. The van der Waals surface area contributed by atoms with E-state index in [0.29, 0.717) is 11.3 Å². The van der Waals surface area contributed by atoms with Gasteiger partial charge in [-0.25, -0.2) is 14.0 Å². The number of halogens is 2. The molecule has 0 radical (unpaired) electrons. The van der Waals surface area contributed by atoms with Gasteiger partial charge in [-0.05, 0) is 43.7 Å². The van der Waals surface area contributed by atoms with E-state index < -0.39 is 24.0 Å². The molecule has 2 aromatic carbocycles. The van der Waals surface area contributed by atoms with E-state index in [2.05, 4.69) is 5.32 Å². The monoisotopic (exact) mass is 409 g/mol. The standard InChI is InChI=1S/C20H21ClFNO5/c1-12(2)28-18(19(24)25)9-13-4-3-5-16(8-13)23-20(26)27-11-14-6-7-15(21)10-17(14)22/h3-8,10,12,18H,9,11H2,1-2H3,(H,23,26)(H,24,25). The highest BCUT2D eigenvalue weighted by molar-refractivity contribution is 6.30. The van der Waals surface area contributed by atoms with Crippen LogP contribution in [-0.2, 0) is 27.3 Å². The van der Waals surface area contributed by atoms with Crippen molar-refractivity contribution < 1.29 is 28.6 Å². The number of hydrogen-bond donors (Lipinski definition) is 2. The van der Waals surface area contributed by atoms with E-state index in [1.165, 1.54) is 12.1 Å². The van der Waals surface area contributed by atoms with Gasteiger partial charge in [-0.3, -0.25) is 5.32 Å². The van der Waals surface area contributed by atoms with Crippen molar-refractivity contribution in [2.24, 2.45) is 0 Å². The second-order valence-corrected chi connectivity index (χ2v) is 6.79. The first-order valence-electron chi connectivity index (χ1n) is 8.59. The van der Waals surface area contributed by atoms with E-state index in [1.807, 2.05) is 0 Å². The summed E-state index contributed by atoms with van der Waals surface area (Å²) in [4.78, 5) is 23.3. The fourth-order valence-electron chi connectivity index (χ4n) is 2.45. The molecule has 0 aliphatic heterocycles. The minimum Gasteiger partial charge on any atom is -0.479 e. The Labute approximate surface area is 167 Å². The number of carboxylic acids is 1. The van der Waals surface area contributed by atoms with E-state index in [1.54, 1.807) is 38.1 Å². The summed E-state index contributed by atoms with van der Waals surface area (Å²) in [6.45, 7) is 3.26. The molecule has 0 aromatic heterocycles. The Morgan fingerprint density at radius 1 is 1.21 bits per heavy atom. The lowest BCUT2D eigenvalue weighted by Gasteiger charge is -2.17. The summed E-state index contributed by atoms with van der Waals surface area (Å²) >= 11 is 5.68. The van der Waals surface area contributed by atoms with Gasteiger partial charge < -0.3 is 14.6 Å². The zero-order valence-electron chi connectivity index (χ0n) is 15.4. The Morgan fingerprint density at radius 3 is 2.61 bits per heavy atom. The van der Waals surface area contributed by atoms with Crippen LogP contribution in [0.4, 0.5) is 14.9 Å². The van der Waals surface area contributed by atoms with E-state index in [0.717, 1.165) is 6.07 Å². The van der Waals surface area contributed by atoms with Crippen molar-refractivity contribution in [2.45, 2.75) is 39.1 Å². The minimum absolute atomic E-state index is 0.147. The van der Waals surface area contributed by atoms with Crippen LogP contribution in [0.2, 0.25) is 5.02 Å². The molecule has 2 aromatic rings. The molecule has 0 saturated carbocycles. The van der Waals surface area contributed by atoms with Crippen LogP contribution in [0.15, 0.2) is 42.5 Å². The first-order valence-corrected chi connectivity index (χ1v) is 8.97. The van der Waals surface area contributed by atoms with Gasteiger partial charge in [0.05, 0.1) is 6.10 Å². The highest BCUT2D eigenvalue weighted by atomic mass is 35.5. The molecular weight excluding hydrogens is 389 g/mol. The number of carbonyl (C=O) groups is 2. The molecule has 1 unspecified atom stereocenters. The van der Waals surface area contributed by atoms with Crippen molar-refractivity contribution in [3.63, 3.8) is 0 Å². The van der Waals surface area contributed by atoms with Crippen LogP contribution >= 0.6 is 11.6 Å². The van der Waals surface area contributed by atoms with Crippen molar-refractivity contribution in [1.29, 1.82) is 0 Å². The van der Waals surface area contributed by atoms with Crippen molar-refractivity contribution in [2.75, 3.05) is 5.32 Å². The number of amides is 1. The quantitative estimate of drug-likeness (QED) is 0.663. The number of carbonyl (C=O) groups excluding carboxylic acids is 1. The first kappa shape index (κ1) is 21.7. The van der Waals surface area contributed by atoms with Crippen LogP contribution in [0.1, 0.15) is 25.0 Å². The van der Waals surface area contributed by atoms with Gasteiger partial charge >= 0.3 is 12.1 Å². The van der Waals surface area contributed by atoms with Gasteiger partial charge in [0.2, 0.25) is 0 Å². The van der Waals surface area contributed by atoms with Crippen molar-refractivity contribution in [3.05, 3.63) is 64.4 Å². The number of hydrogen-bond acceptors (Lipinski definition) is 4. The molecule has 2 rings (SSSR count). The minimum atomic E-state index is -1.06. The largest absolute Gasteiger partial charge is 0.479 e. The predicted octanol–water partition coefficient (Wildman–Crippen LogP) is 4.65. The van der Waals surface area contributed by atoms with Crippen molar-refractivity contribution in [3.8, 4) is 0 Å². The van der Waals surface area contributed by atoms with Gasteiger partial charge in [0.15, 0.2) is 6.10 Å². The Balaban J connectivity index is 1.95. The van der Waals surface area contributed by atoms with Gasteiger partial charge in [0.25, 0.3) is 0 Å². The van der Waals surface area contributed by atoms with Gasteiger partial charge in [-0.1, -0.05) is 29.8 Å². The Kier molecular flexibility index (Phi) is 7.78. The van der Waals surface area contributed by atoms with Crippen LogP contribution in [0.3, 0.4) is 0 Å². The zero-order chi connectivity index (χ0) is 20.7. The van der Waals surface area contributed by atoms with Crippen LogP contribution in [0, 0.1) is 5.82 Å². The highest BCUT2D eigenvalue weighted by Gasteiger charge is 2.20. The number of carboxylic acid groups (broad SMARTS) is 1. The smallest absolute Gasteiger partial charge is 0.411 e. The van der Waals surface area contributed by atoms with Crippen molar-refractivity contribution in [1.82, 2.24) is 0 Å². The van der Waals surface area contributed by atoms with E-state index >= 15 is 0 Å². The third kappa shape index (κ3) is 6.83. The molecule has 0 aliphatic rings. The maximum Gasteiger partial charge on any atom is 0.411 e. The second-order valence-electron chi connectivity index (χ2n) is 6.35.